The van der Waals surface area contributed by atoms with Gasteiger partial charge in [0, 0.05) is 19.3 Å². The van der Waals surface area contributed by atoms with Crippen LogP contribution in [0.15, 0.2) is 0 Å². The summed E-state index contributed by atoms with van der Waals surface area (Å²) < 4.78 is 16.6. The smallest absolute Gasteiger partial charge is 0.306 e. The quantitative estimate of drug-likeness (QED) is 0.0386. The van der Waals surface area contributed by atoms with Gasteiger partial charge in [0.2, 0.25) is 0 Å². The van der Waals surface area contributed by atoms with Gasteiger partial charge in [-0.05, 0) is 37.0 Å². The van der Waals surface area contributed by atoms with Crippen LogP contribution in [0.4, 0.5) is 0 Å². The van der Waals surface area contributed by atoms with E-state index in [1.54, 1.807) is 0 Å². The number of unbranched alkanes of at least 4 members (excludes halogenated alkanes) is 16. The highest BCUT2D eigenvalue weighted by atomic mass is 16.6. The minimum Gasteiger partial charge on any atom is -0.462 e. The van der Waals surface area contributed by atoms with Crippen LogP contribution in [-0.2, 0) is 28.6 Å². The van der Waals surface area contributed by atoms with Crippen molar-refractivity contribution < 1.29 is 28.6 Å². The molecule has 0 aromatic carbocycles. The molecule has 0 fully saturated rings. The zero-order chi connectivity index (χ0) is 35.0. The van der Waals surface area contributed by atoms with Gasteiger partial charge in [-0.2, -0.15) is 0 Å². The minimum absolute atomic E-state index is 0.0692. The van der Waals surface area contributed by atoms with Gasteiger partial charge < -0.3 is 14.2 Å². The molecule has 0 saturated carbocycles. The zero-order valence-electron chi connectivity index (χ0n) is 32.1. The second-order valence-electron chi connectivity index (χ2n) is 15.1. The number of esters is 3. The van der Waals surface area contributed by atoms with E-state index in [1.807, 2.05) is 0 Å². The van der Waals surface area contributed by atoms with Crippen molar-refractivity contribution in [1.29, 1.82) is 0 Å². The van der Waals surface area contributed by atoms with E-state index < -0.39 is 6.10 Å². The predicted octanol–water partition coefficient (Wildman–Crippen LogP) is 12.1. The number of rotatable bonds is 34. The van der Waals surface area contributed by atoms with Crippen LogP contribution < -0.4 is 0 Å². The van der Waals surface area contributed by atoms with Crippen molar-refractivity contribution >= 4 is 17.9 Å². The number of ether oxygens (including phenoxy) is 3. The van der Waals surface area contributed by atoms with Crippen molar-refractivity contribution in [3.05, 3.63) is 0 Å². The maximum atomic E-state index is 12.6. The van der Waals surface area contributed by atoms with E-state index >= 15 is 0 Å². The lowest BCUT2D eigenvalue weighted by Gasteiger charge is -2.18. The molecule has 0 aliphatic carbocycles. The first-order chi connectivity index (χ1) is 22.6. The Bertz CT molecular complexity index is 733. The van der Waals surface area contributed by atoms with Crippen molar-refractivity contribution in [2.45, 2.75) is 215 Å². The highest BCUT2D eigenvalue weighted by Crippen LogP contribution is 2.16. The lowest BCUT2D eigenvalue weighted by Crippen LogP contribution is -2.30. The van der Waals surface area contributed by atoms with Gasteiger partial charge in [0.1, 0.15) is 13.2 Å². The standard InChI is InChI=1S/C41H78O6/c1-7-37(6)29-23-17-12-14-19-25-31-40(43)46-34-38(33-45-39(42)30-24-18-13-11-16-22-28-36(4)5)47-41(44)32-26-20-10-8-9-15-21-27-35(2)3/h35-38H,7-34H2,1-6H3/t37?,38-/m0/s1. The molecule has 0 aromatic heterocycles. The van der Waals surface area contributed by atoms with Crippen molar-refractivity contribution in [3.8, 4) is 0 Å². The molecular formula is C41H78O6. The topological polar surface area (TPSA) is 78.9 Å². The number of carbonyl (C=O) groups is 3. The third-order valence-electron chi connectivity index (χ3n) is 9.26. The molecule has 278 valence electrons. The monoisotopic (exact) mass is 667 g/mol. The summed E-state index contributed by atoms with van der Waals surface area (Å²) in [6, 6.07) is 0. The van der Waals surface area contributed by atoms with E-state index in [4.69, 9.17) is 14.2 Å². The summed E-state index contributed by atoms with van der Waals surface area (Å²) in [5.74, 6) is 1.48. The summed E-state index contributed by atoms with van der Waals surface area (Å²) in [7, 11) is 0. The van der Waals surface area contributed by atoms with Gasteiger partial charge in [-0.3, -0.25) is 14.4 Å². The Morgan fingerprint density at radius 3 is 1.11 bits per heavy atom. The fourth-order valence-electron chi connectivity index (χ4n) is 5.79. The second-order valence-corrected chi connectivity index (χ2v) is 15.1. The maximum Gasteiger partial charge on any atom is 0.306 e. The van der Waals surface area contributed by atoms with Crippen LogP contribution in [0.3, 0.4) is 0 Å². The van der Waals surface area contributed by atoms with Gasteiger partial charge >= 0.3 is 17.9 Å². The van der Waals surface area contributed by atoms with Crippen LogP contribution >= 0.6 is 0 Å². The van der Waals surface area contributed by atoms with Crippen molar-refractivity contribution in [1.82, 2.24) is 0 Å². The van der Waals surface area contributed by atoms with Gasteiger partial charge in [-0.1, -0.05) is 170 Å². The number of hydrogen-bond donors (Lipinski definition) is 0. The van der Waals surface area contributed by atoms with Crippen LogP contribution in [0.2, 0.25) is 0 Å². The largest absolute Gasteiger partial charge is 0.462 e. The minimum atomic E-state index is -0.761. The first-order valence-electron chi connectivity index (χ1n) is 20.1. The third-order valence-corrected chi connectivity index (χ3v) is 9.26. The Labute approximate surface area is 291 Å². The first kappa shape index (κ1) is 45.4. The van der Waals surface area contributed by atoms with Gasteiger partial charge in [0.25, 0.3) is 0 Å². The fraction of sp³-hybridized carbons (Fsp3) is 0.927. The second kappa shape index (κ2) is 32.9. The van der Waals surface area contributed by atoms with Gasteiger partial charge in [-0.15, -0.1) is 0 Å². The summed E-state index contributed by atoms with van der Waals surface area (Å²) in [5, 5.41) is 0. The molecule has 2 atom stereocenters. The van der Waals surface area contributed by atoms with Crippen LogP contribution in [0.1, 0.15) is 208 Å². The highest BCUT2D eigenvalue weighted by molar-refractivity contribution is 5.71. The van der Waals surface area contributed by atoms with E-state index in [2.05, 4.69) is 41.5 Å². The van der Waals surface area contributed by atoms with Crippen molar-refractivity contribution in [3.63, 3.8) is 0 Å². The number of carbonyl (C=O) groups excluding carboxylic acids is 3. The molecule has 0 radical (unpaired) electrons. The fourth-order valence-corrected chi connectivity index (χ4v) is 5.79. The van der Waals surface area contributed by atoms with E-state index in [0.717, 1.165) is 75.5 Å². The zero-order valence-corrected chi connectivity index (χ0v) is 32.1. The number of hydrogen-bond acceptors (Lipinski definition) is 6. The molecule has 1 unspecified atom stereocenters. The summed E-state index contributed by atoms with van der Waals surface area (Å²) in [4.78, 5) is 37.4. The van der Waals surface area contributed by atoms with Gasteiger partial charge in [0.05, 0.1) is 0 Å². The van der Waals surface area contributed by atoms with Crippen LogP contribution in [-0.4, -0.2) is 37.2 Å². The molecule has 0 heterocycles. The molecule has 0 rings (SSSR count). The predicted molar refractivity (Wildman–Crippen MR) is 196 cm³/mol. The highest BCUT2D eigenvalue weighted by Gasteiger charge is 2.19. The van der Waals surface area contributed by atoms with E-state index in [-0.39, 0.29) is 31.1 Å². The van der Waals surface area contributed by atoms with Crippen LogP contribution in [0, 0.1) is 17.8 Å². The normalized spacial score (nSPS) is 12.8. The van der Waals surface area contributed by atoms with Gasteiger partial charge in [-0.25, -0.2) is 0 Å². The Morgan fingerprint density at radius 1 is 0.426 bits per heavy atom. The Kier molecular flexibility index (Phi) is 31.8. The lowest BCUT2D eigenvalue weighted by molar-refractivity contribution is -0.167. The average Bonchev–Trinajstić information content (AvgIpc) is 3.03. The summed E-state index contributed by atoms with van der Waals surface area (Å²) in [5.41, 5.74) is 0. The molecule has 0 aliphatic rings. The van der Waals surface area contributed by atoms with Crippen LogP contribution in [0.25, 0.3) is 0 Å². The SMILES string of the molecule is CCC(C)CCCCCCCCC(=O)OC[C@H](COC(=O)CCCCCCCCC(C)C)OC(=O)CCCCCCCCCC(C)C. The van der Waals surface area contributed by atoms with Crippen molar-refractivity contribution in [2.75, 3.05) is 13.2 Å². The lowest BCUT2D eigenvalue weighted by atomic mass is 10.00. The maximum absolute atomic E-state index is 12.6. The molecule has 47 heavy (non-hydrogen) atoms. The summed E-state index contributed by atoms with van der Waals surface area (Å²) >= 11 is 0. The first-order valence-corrected chi connectivity index (χ1v) is 20.1. The van der Waals surface area contributed by atoms with Crippen molar-refractivity contribution in [2.24, 2.45) is 17.8 Å². The van der Waals surface area contributed by atoms with Crippen LogP contribution in [0.5, 0.6) is 0 Å². The summed E-state index contributed by atoms with van der Waals surface area (Å²) in [6.07, 6.45) is 26.8. The molecule has 0 amide bonds. The molecule has 0 aromatic rings. The molecule has 0 spiro atoms. The molecule has 0 saturated heterocycles. The third kappa shape index (κ3) is 34.1. The Hall–Kier alpha value is -1.59. The van der Waals surface area contributed by atoms with E-state index in [0.29, 0.717) is 19.3 Å². The molecular weight excluding hydrogens is 588 g/mol. The Balaban J connectivity index is 4.39. The molecule has 6 nitrogen and oxygen atoms in total. The van der Waals surface area contributed by atoms with E-state index in [1.165, 1.54) is 89.9 Å². The molecule has 0 N–H and O–H groups in total. The molecule has 0 bridgehead atoms. The van der Waals surface area contributed by atoms with Gasteiger partial charge in [0.15, 0.2) is 6.10 Å². The Morgan fingerprint density at radius 2 is 0.745 bits per heavy atom. The average molecular weight is 667 g/mol. The van der Waals surface area contributed by atoms with E-state index in [9.17, 15) is 14.4 Å². The molecule has 6 heteroatoms. The molecule has 0 aliphatic heterocycles. The summed E-state index contributed by atoms with van der Waals surface area (Å²) in [6.45, 7) is 13.5.